The molecule has 0 amide bonds. The van der Waals surface area contributed by atoms with Gasteiger partial charge in [-0.05, 0) is 47.0 Å². The smallest absolute Gasteiger partial charge is 0.310 e. The second-order valence-corrected chi connectivity index (χ2v) is 12.5. The first-order valence-corrected chi connectivity index (χ1v) is 15.9. The molecule has 14 heteroatoms. The number of hydrogen-bond donors (Lipinski definition) is 3. The van der Waals surface area contributed by atoms with Gasteiger partial charge >= 0.3 is 5.97 Å². The average Bonchev–Trinajstić information content (AvgIpc) is 3.75. The molecule has 0 aromatic heterocycles. The number of para-hydroxylation sites is 1. The Kier molecular flexibility index (Phi) is 8.17. The average molecular weight is 681 g/mol. The van der Waals surface area contributed by atoms with E-state index in [1.807, 2.05) is 12.1 Å². The Morgan fingerprint density at radius 3 is 2.20 bits per heavy atom. The number of aliphatic hydroxyl groups is 2. The van der Waals surface area contributed by atoms with Crippen molar-refractivity contribution in [1.29, 1.82) is 0 Å². The number of fused-ring (bicyclic) bond motifs is 4. The highest BCUT2D eigenvalue weighted by Crippen LogP contribution is 2.57. The molecule has 3 saturated heterocycles. The van der Waals surface area contributed by atoms with Crippen LogP contribution in [0.25, 0.3) is 0 Å². The van der Waals surface area contributed by atoms with E-state index in [4.69, 9.17) is 47.4 Å². The Bertz CT molecular complexity index is 1720. The summed E-state index contributed by atoms with van der Waals surface area (Å²) < 4.78 is 58.6. The zero-order valence-corrected chi connectivity index (χ0v) is 26.8. The molecule has 3 N–H and O–H groups in total. The van der Waals surface area contributed by atoms with Crippen LogP contribution in [0.4, 0.5) is 0 Å². The molecule has 5 aliphatic rings. The zero-order chi connectivity index (χ0) is 34.0. The molecular formula is C35H36O14. The van der Waals surface area contributed by atoms with Gasteiger partial charge in [0.05, 0.1) is 46.6 Å². The van der Waals surface area contributed by atoms with Gasteiger partial charge < -0.3 is 62.7 Å². The SMILES string of the molecule is COc1cc(C2c3cc4c(cc3C(OC3OC5COC(c6ccccc6O)OC5C(O)C3O)C3COC(=O)C23)OCO4)cc(OC)c1OC. The van der Waals surface area contributed by atoms with Crippen LogP contribution in [0.5, 0.6) is 34.5 Å². The van der Waals surface area contributed by atoms with Gasteiger partial charge in [-0.1, -0.05) is 18.2 Å². The van der Waals surface area contributed by atoms with Gasteiger partial charge in [0.15, 0.2) is 35.6 Å². The van der Waals surface area contributed by atoms with Crippen LogP contribution in [-0.2, 0) is 28.5 Å². The number of aliphatic hydroxyl groups excluding tert-OH is 2. The molecule has 10 unspecified atom stereocenters. The first-order chi connectivity index (χ1) is 23.8. The van der Waals surface area contributed by atoms with E-state index in [0.717, 1.165) is 0 Å². The Balaban J connectivity index is 1.14. The van der Waals surface area contributed by atoms with E-state index in [9.17, 15) is 20.1 Å². The van der Waals surface area contributed by atoms with E-state index in [0.29, 0.717) is 51.0 Å². The normalized spacial score (nSPS) is 32.8. The van der Waals surface area contributed by atoms with Gasteiger partial charge in [-0.2, -0.15) is 0 Å². The maximum atomic E-state index is 13.6. The molecule has 3 aromatic rings. The topological polar surface area (TPSA) is 170 Å². The van der Waals surface area contributed by atoms with Crippen LogP contribution < -0.4 is 23.7 Å². The second kappa shape index (κ2) is 12.5. The van der Waals surface area contributed by atoms with E-state index in [2.05, 4.69) is 0 Å². The summed E-state index contributed by atoms with van der Waals surface area (Å²) in [5.74, 6) is 0.00456. The summed E-state index contributed by atoms with van der Waals surface area (Å²) in [6, 6.07) is 13.8. The highest BCUT2D eigenvalue weighted by atomic mass is 16.8. The van der Waals surface area contributed by atoms with Crippen molar-refractivity contribution in [2.24, 2.45) is 11.8 Å². The number of benzene rings is 3. The van der Waals surface area contributed by atoms with Crippen molar-refractivity contribution in [3.05, 3.63) is 70.8 Å². The van der Waals surface area contributed by atoms with Crippen LogP contribution in [0.1, 0.15) is 40.6 Å². The Labute approximate surface area is 280 Å². The monoisotopic (exact) mass is 680 g/mol. The molecule has 0 radical (unpaired) electrons. The molecule has 260 valence electrons. The standard InChI is InChI=1S/C35H36O14/c1-40-23-8-15(9-24(41-2)31(23)42-3)26-17-10-21-22(46-14-45-21)11-18(17)30(19-12-43-33(39)27(19)26)48-35-29(38)28(37)32-25(47-35)13-44-34(49-32)16-6-4-5-7-20(16)36/h4-11,19,25-30,32,34-38H,12-14H2,1-3H3. The highest BCUT2D eigenvalue weighted by molar-refractivity contribution is 5.79. The summed E-state index contributed by atoms with van der Waals surface area (Å²) in [7, 11) is 4.56. The van der Waals surface area contributed by atoms with E-state index in [1.165, 1.54) is 27.4 Å². The Morgan fingerprint density at radius 2 is 1.51 bits per heavy atom. The predicted octanol–water partition coefficient (Wildman–Crippen LogP) is 2.70. The second-order valence-electron chi connectivity index (χ2n) is 12.5. The van der Waals surface area contributed by atoms with Crippen molar-refractivity contribution < 1.29 is 67.5 Å². The van der Waals surface area contributed by atoms with E-state index >= 15 is 0 Å². The van der Waals surface area contributed by atoms with Crippen molar-refractivity contribution in [2.75, 3.05) is 41.3 Å². The lowest BCUT2D eigenvalue weighted by atomic mass is 9.66. The van der Waals surface area contributed by atoms with E-state index < -0.39 is 66.8 Å². The van der Waals surface area contributed by atoms with Gasteiger partial charge in [-0.25, -0.2) is 0 Å². The third-order valence-corrected chi connectivity index (χ3v) is 9.97. The largest absolute Gasteiger partial charge is 0.507 e. The number of methoxy groups -OCH3 is 3. The third-order valence-electron chi connectivity index (χ3n) is 9.97. The maximum absolute atomic E-state index is 13.6. The molecule has 4 heterocycles. The number of cyclic esters (lactones) is 1. The van der Waals surface area contributed by atoms with Gasteiger partial charge in [0, 0.05) is 17.4 Å². The maximum Gasteiger partial charge on any atom is 0.310 e. The Hall–Kier alpha value is -4.31. The number of phenols is 1. The molecule has 0 saturated carbocycles. The Morgan fingerprint density at radius 1 is 0.796 bits per heavy atom. The quantitative estimate of drug-likeness (QED) is 0.311. The van der Waals surface area contributed by atoms with Crippen molar-refractivity contribution in [1.82, 2.24) is 0 Å². The molecule has 10 atom stereocenters. The minimum absolute atomic E-state index is 0.00981. The fourth-order valence-corrected chi connectivity index (χ4v) is 7.65. The summed E-state index contributed by atoms with van der Waals surface area (Å²) in [5, 5.41) is 33.0. The molecule has 49 heavy (non-hydrogen) atoms. The summed E-state index contributed by atoms with van der Waals surface area (Å²) in [6.45, 7) is 0.0495. The van der Waals surface area contributed by atoms with Gasteiger partial charge in [-0.15, -0.1) is 0 Å². The number of ether oxygens (including phenoxy) is 10. The molecule has 3 fully saturated rings. The van der Waals surface area contributed by atoms with Gasteiger partial charge in [0.25, 0.3) is 0 Å². The number of hydrogen-bond acceptors (Lipinski definition) is 14. The molecule has 8 rings (SSSR count). The van der Waals surface area contributed by atoms with Crippen LogP contribution in [0, 0.1) is 11.8 Å². The molecule has 4 aliphatic heterocycles. The molecule has 1 aliphatic carbocycles. The van der Waals surface area contributed by atoms with Crippen LogP contribution in [0.2, 0.25) is 0 Å². The van der Waals surface area contributed by atoms with Crippen molar-refractivity contribution in [2.45, 2.75) is 49.0 Å². The van der Waals surface area contributed by atoms with Crippen LogP contribution in [0.15, 0.2) is 48.5 Å². The molecule has 0 spiro atoms. The fourth-order valence-electron chi connectivity index (χ4n) is 7.65. The first-order valence-electron chi connectivity index (χ1n) is 15.9. The fraction of sp³-hybridized carbons (Fsp3) is 0.457. The number of esters is 1. The minimum atomic E-state index is -1.54. The van der Waals surface area contributed by atoms with Crippen molar-refractivity contribution >= 4 is 5.97 Å². The molecule has 14 nitrogen and oxygen atoms in total. The lowest BCUT2D eigenvalue weighted by Gasteiger charge is -2.48. The highest BCUT2D eigenvalue weighted by Gasteiger charge is 2.56. The number of carbonyl (C=O) groups is 1. The number of rotatable bonds is 7. The molecular weight excluding hydrogens is 644 g/mol. The lowest BCUT2D eigenvalue weighted by molar-refractivity contribution is -0.369. The first kappa shape index (κ1) is 31.9. The van der Waals surface area contributed by atoms with Crippen molar-refractivity contribution in [3.8, 4) is 34.5 Å². The third kappa shape index (κ3) is 5.21. The summed E-state index contributed by atoms with van der Waals surface area (Å²) in [6.07, 6.45) is -7.89. The number of carbonyl (C=O) groups excluding carboxylic acids is 1. The number of phenolic OH excluding ortho intramolecular Hbond substituents is 1. The lowest BCUT2D eigenvalue weighted by Crippen LogP contribution is -2.62. The van der Waals surface area contributed by atoms with Crippen molar-refractivity contribution in [3.63, 3.8) is 0 Å². The summed E-state index contributed by atoms with van der Waals surface area (Å²) >= 11 is 0. The van der Waals surface area contributed by atoms with E-state index in [-0.39, 0.29) is 25.8 Å². The summed E-state index contributed by atoms with van der Waals surface area (Å²) in [5.41, 5.74) is 2.48. The zero-order valence-electron chi connectivity index (χ0n) is 26.8. The number of aromatic hydroxyl groups is 1. The molecule has 3 aromatic carbocycles. The van der Waals surface area contributed by atoms with Gasteiger partial charge in [0.2, 0.25) is 12.5 Å². The summed E-state index contributed by atoms with van der Waals surface area (Å²) in [4.78, 5) is 13.6. The van der Waals surface area contributed by atoms with Crippen LogP contribution in [-0.4, -0.2) is 93.3 Å². The minimum Gasteiger partial charge on any atom is -0.507 e. The molecule has 0 bridgehead atoms. The van der Waals surface area contributed by atoms with Gasteiger partial charge in [0.1, 0.15) is 30.2 Å². The van der Waals surface area contributed by atoms with E-state index in [1.54, 1.807) is 30.3 Å². The van der Waals surface area contributed by atoms with Crippen LogP contribution >= 0.6 is 0 Å². The van der Waals surface area contributed by atoms with Gasteiger partial charge in [-0.3, -0.25) is 4.79 Å². The van der Waals surface area contributed by atoms with Crippen LogP contribution in [0.3, 0.4) is 0 Å². The predicted molar refractivity (Wildman–Crippen MR) is 165 cm³/mol.